The molecule has 0 saturated heterocycles. The molecule has 1 amide bonds. The van der Waals surface area contributed by atoms with Gasteiger partial charge < -0.3 is 10.6 Å². The van der Waals surface area contributed by atoms with Crippen molar-refractivity contribution in [3.05, 3.63) is 17.8 Å². The molecule has 1 rings (SSSR count). The zero-order valence-electron chi connectivity index (χ0n) is 9.38. The maximum Gasteiger partial charge on any atom is 0.221 e. The lowest BCUT2D eigenvalue weighted by Crippen LogP contribution is -2.25. The van der Waals surface area contributed by atoms with E-state index in [-0.39, 0.29) is 23.8 Å². The van der Waals surface area contributed by atoms with Gasteiger partial charge in [0, 0.05) is 19.5 Å². The molecule has 6 heteroatoms. The summed E-state index contributed by atoms with van der Waals surface area (Å²) in [4.78, 5) is 18.6. The van der Waals surface area contributed by atoms with E-state index in [1.807, 2.05) is 6.92 Å². The van der Waals surface area contributed by atoms with Crippen LogP contribution in [0.2, 0.25) is 0 Å². The van der Waals surface area contributed by atoms with Crippen molar-refractivity contribution in [2.75, 3.05) is 18.4 Å². The normalized spacial score (nSPS) is 9.94. The highest BCUT2D eigenvalue weighted by Gasteiger charge is 2.07. The minimum atomic E-state index is -0.474. The maximum absolute atomic E-state index is 13.4. The number of nitrogens with zero attached hydrogens (tertiary/aromatic N) is 2. The summed E-state index contributed by atoms with van der Waals surface area (Å²) in [6.45, 7) is 4.35. The first-order chi connectivity index (χ1) is 7.65. The third-order valence-corrected chi connectivity index (χ3v) is 1.98. The van der Waals surface area contributed by atoms with Crippen LogP contribution in [0.5, 0.6) is 0 Å². The first-order valence-electron chi connectivity index (χ1n) is 5.12. The van der Waals surface area contributed by atoms with Gasteiger partial charge in [0.1, 0.15) is 6.33 Å². The van der Waals surface area contributed by atoms with E-state index in [0.717, 1.165) is 0 Å². The number of anilines is 1. The Labute approximate surface area is 93.5 Å². The molecule has 0 unspecified atom stereocenters. The smallest absolute Gasteiger partial charge is 0.221 e. The van der Waals surface area contributed by atoms with Crippen molar-refractivity contribution >= 4 is 11.7 Å². The number of nitrogens with one attached hydrogen (secondary N) is 2. The predicted molar refractivity (Wildman–Crippen MR) is 58.5 cm³/mol. The van der Waals surface area contributed by atoms with Gasteiger partial charge >= 0.3 is 0 Å². The molecule has 0 aromatic carbocycles. The number of aryl methyl sites for hydroxylation is 1. The molecule has 0 bridgehead atoms. The van der Waals surface area contributed by atoms with E-state index in [9.17, 15) is 9.18 Å². The molecule has 0 spiro atoms. The number of carbonyl (C=O) groups excluding carboxylic acids is 1. The summed E-state index contributed by atoms with van der Waals surface area (Å²) in [5, 5.41) is 5.41. The van der Waals surface area contributed by atoms with E-state index < -0.39 is 5.82 Å². The highest BCUT2D eigenvalue weighted by atomic mass is 19.1. The van der Waals surface area contributed by atoms with Crippen LogP contribution < -0.4 is 10.6 Å². The first kappa shape index (κ1) is 12.4. The van der Waals surface area contributed by atoms with E-state index in [4.69, 9.17) is 0 Å². The van der Waals surface area contributed by atoms with Crippen molar-refractivity contribution < 1.29 is 9.18 Å². The average molecular weight is 226 g/mol. The number of carbonyl (C=O) groups is 1. The second-order valence-electron chi connectivity index (χ2n) is 3.25. The molecule has 88 valence electrons. The number of hydrogen-bond donors (Lipinski definition) is 2. The molecule has 5 nitrogen and oxygen atoms in total. The lowest BCUT2D eigenvalue weighted by atomic mass is 10.3. The Hall–Kier alpha value is -1.72. The van der Waals surface area contributed by atoms with Crippen LogP contribution in [-0.4, -0.2) is 29.0 Å². The molecule has 0 fully saturated rings. The van der Waals surface area contributed by atoms with Crippen molar-refractivity contribution in [1.82, 2.24) is 15.3 Å². The Morgan fingerprint density at radius 2 is 2.25 bits per heavy atom. The van der Waals surface area contributed by atoms with E-state index in [1.54, 1.807) is 6.92 Å². The fourth-order valence-corrected chi connectivity index (χ4v) is 1.16. The predicted octanol–water partition coefficient (Wildman–Crippen LogP) is 0.862. The van der Waals surface area contributed by atoms with Crippen LogP contribution in [0.1, 0.15) is 19.0 Å². The van der Waals surface area contributed by atoms with Crippen LogP contribution in [0, 0.1) is 12.7 Å². The van der Waals surface area contributed by atoms with Crippen LogP contribution >= 0.6 is 0 Å². The molecule has 0 aliphatic heterocycles. The molecule has 0 radical (unpaired) electrons. The molecule has 1 aromatic rings. The molecule has 0 aliphatic rings. The van der Waals surface area contributed by atoms with E-state index in [1.165, 1.54) is 6.33 Å². The van der Waals surface area contributed by atoms with Gasteiger partial charge in [0.25, 0.3) is 0 Å². The monoisotopic (exact) mass is 226 g/mol. The van der Waals surface area contributed by atoms with Crippen molar-refractivity contribution in [2.24, 2.45) is 0 Å². The standard InChI is InChI=1S/C10H15FN4O/c1-3-12-8(16)4-5-13-10-9(11)7(2)14-6-15-10/h6H,3-5H2,1-2H3,(H,12,16)(H,13,14,15). The van der Waals surface area contributed by atoms with Crippen LogP contribution in [0.15, 0.2) is 6.33 Å². The van der Waals surface area contributed by atoms with Gasteiger partial charge in [-0.05, 0) is 13.8 Å². The molecule has 0 saturated carbocycles. The second kappa shape index (κ2) is 5.99. The Bertz CT molecular complexity index is 370. The topological polar surface area (TPSA) is 66.9 Å². The van der Waals surface area contributed by atoms with E-state index in [0.29, 0.717) is 13.1 Å². The summed E-state index contributed by atoms with van der Waals surface area (Å²) in [5.41, 5.74) is 0.288. The van der Waals surface area contributed by atoms with Crippen molar-refractivity contribution in [2.45, 2.75) is 20.3 Å². The summed E-state index contributed by atoms with van der Waals surface area (Å²) >= 11 is 0. The summed E-state index contributed by atoms with van der Waals surface area (Å²) in [5.74, 6) is -0.406. The molecule has 1 heterocycles. The summed E-state index contributed by atoms with van der Waals surface area (Å²) in [7, 11) is 0. The Morgan fingerprint density at radius 3 is 2.94 bits per heavy atom. The molecule has 0 aliphatic carbocycles. The molecular formula is C10H15FN4O. The molecule has 2 N–H and O–H groups in total. The maximum atomic E-state index is 13.4. The van der Waals surface area contributed by atoms with Gasteiger partial charge in [0.05, 0.1) is 5.69 Å². The van der Waals surface area contributed by atoms with Gasteiger partial charge in [-0.2, -0.15) is 0 Å². The minimum Gasteiger partial charge on any atom is -0.367 e. The molecule has 0 atom stereocenters. The summed E-state index contributed by atoms with van der Waals surface area (Å²) in [6, 6.07) is 0. The largest absolute Gasteiger partial charge is 0.367 e. The van der Waals surface area contributed by atoms with Gasteiger partial charge in [-0.25, -0.2) is 14.4 Å². The summed E-state index contributed by atoms with van der Waals surface area (Å²) < 4.78 is 13.4. The quantitative estimate of drug-likeness (QED) is 0.781. The molecule has 16 heavy (non-hydrogen) atoms. The van der Waals surface area contributed by atoms with E-state index in [2.05, 4.69) is 20.6 Å². The lowest BCUT2D eigenvalue weighted by molar-refractivity contribution is -0.120. The third kappa shape index (κ3) is 3.45. The van der Waals surface area contributed by atoms with Gasteiger partial charge in [-0.15, -0.1) is 0 Å². The zero-order chi connectivity index (χ0) is 12.0. The fourth-order valence-electron chi connectivity index (χ4n) is 1.16. The Kier molecular flexibility index (Phi) is 4.63. The van der Waals surface area contributed by atoms with Gasteiger partial charge in [0.15, 0.2) is 11.6 Å². The van der Waals surface area contributed by atoms with E-state index >= 15 is 0 Å². The number of rotatable bonds is 5. The third-order valence-electron chi connectivity index (χ3n) is 1.98. The average Bonchev–Trinajstić information content (AvgIpc) is 2.25. The van der Waals surface area contributed by atoms with Crippen molar-refractivity contribution in [3.8, 4) is 0 Å². The van der Waals surface area contributed by atoms with Crippen molar-refractivity contribution in [3.63, 3.8) is 0 Å². The minimum absolute atomic E-state index is 0.0683. The number of amides is 1. The highest BCUT2D eigenvalue weighted by Crippen LogP contribution is 2.11. The molecule has 1 aromatic heterocycles. The van der Waals surface area contributed by atoms with Crippen LogP contribution in [0.3, 0.4) is 0 Å². The summed E-state index contributed by atoms with van der Waals surface area (Å²) in [6.07, 6.45) is 1.57. The van der Waals surface area contributed by atoms with Crippen LogP contribution in [0.4, 0.5) is 10.2 Å². The number of hydrogen-bond acceptors (Lipinski definition) is 4. The number of halogens is 1. The second-order valence-corrected chi connectivity index (χ2v) is 3.25. The Morgan fingerprint density at radius 1 is 1.50 bits per heavy atom. The van der Waals surface area contributed by atoms with Crippen LogP contribution in [0.25, 0.3) is 0 Å². The SMILES string of the molecule is CCNC(=O)CCNc1ncnc(C)c1F. The highest BCUT2D eigenvalue weighted by molar-refractivity contribution is 5.76. The Balaban J connectivity index is 2.43. The van der Waals surface area contributed by atoms with Gasteiger partial charge in [-0.1, -0.05) is 0 Å². The molecular weight excluding hydrogens is 211 g/mol. The van der Waals surface area contributed by atoms with Gasteiger partial charge in [0.2, 0.25) is 5.91 Å². The number of aromatic nitrogens is 2. The fraction of sp³-hybridized carbons (Fsp3) is 0.500. The first-order valence-corrected chi connectivity index (χ1v) is 5.12. The van der Waals surface area contributed by atoms with Crippen LogP contribution in [-0.2, 0) is 4.79 Å². The zero-order valence-corrected chi connectivity index (χ0v) is 9.38. The van der Waals surface area contributed by atoms with Crippen molar-refractivity contribution in [1.29, 1.82) is 0 Å². The van der Waals surface area contributed by atoms with Gasteiger partial charge in [-0.3, -0.25) is 4.79 Å². The lowest BCUT2D eigenvalue weighted by Gasteiger charge is -2.07.